The quantitative estimate of drug-likeness (QED) is 0.631. The topological polar surface area (TPSA) is 73.0 Å². The minimum Gasteiger partial charge on any atom is -0.295 e. The molecule has 3 aromatic rings. The fraction of sp³-hybridized carbons (Fsp3) is 0.263. The summed E-state index contributed by atoms with van der Waals surface area (Å²) in [6.07, 6.45) is 3.09. The number of para-hydroxylation sites is 1. The van der Waals surface area contributed by atoms with Crippen LogP contribution >= 0.6 is 0 Å². The van der Waals surface area contributed by atoms with Crippen molar-refractivity contribution < 1.29 is 13.6 Å². The van der Waals surface area contributed by atoms with E-state index < -0.39 is 29.0 Å². The van der Waals surface area contributed by atoms with Crippen molar-refractivity contribution >= 4 is 11.7 Å². The van der Waals surface area contributed by atoms with E-state index >= 15 is 0 Å². The molecule has 0 fully saturated rings. The molecule has 0 aliphatic carbocycles. The van der Waals surface area contributed by atoms with Gasteiger partial charge in [-0.15, -0.1) is 4.68 Å². The van der Waals surface area contributed by atoms with Gasteiger partial charge in [0.25, 0.3) is 0 Å². The zero-order chi connectivity index (χ0) is 20.3. The van der Waals surface area contributed by atoms with Crippen molar-refractivity contribution in [3.8, 4) is 5.69 Å². The molecule has 1 aromatic heterocycles. The Morgan fingerprint density at radius 3 is 2.32 bits per heavy atom. The summed E-state index contributed by atoms with van der Waals surface area (Å²) in [7, 11) is 1.47. The van der Waals surface area contributed by atoms with Crippen molar-refractivity contribution in [1.82, 2.24) is 19.8 Å². The van der Waals surface area contributed by atoms with Crippen LogP contribution in [0.4, 0.5) is 19.3 Å². The summed E-state index contributed by atoms with van der Waals surface area (Å²) in [4.78, 5) is 26.3. The summed E-state index contributed by atoms with van der Waals surface area (Å²) in [6, 6.07) is 9.66. The lowest BCUT2D eigenvalue weighted by atomic mass is 10.1. The summed E-state index contributed by atoms with van der Waals surface area (Å²) in [5.41, 5.74) is -0.0664. The molecule has 0 N–H and O–H groups in total. The SMILES string of the molecule is CCCCc1ccc(N(C)C(=O)n2nnn(-c3c(F)cccc3F)c2=O)cc1. The Labute approximate surface area is 159 Å². The van der Waals surface area contributed by atoms with Crippen LogP contribution in [0.15, 0.2) is 47.3 Å². The molecular formula is C19H19F2N5O2. The molecule has 0 saturated carbocycles. The predicted molar refractivity (Wildman–Crippen MR) is 99.8 cm³/mol. The van der Waals surface area contributed by atoms with Gasteiger partial charge in [0.15, 0.2) is 11.6 Å². The fourth-order valence-electron chi connectivity index (χ4n) is 2.72. The van der Waals surface area contributed by atoms with Crippen molar-refractivity contribution in [2.45, 2.75) is 26.2 Å². The maximum absolute atomic E-state index is 13.9. The average Bonchev–Trinajstić information content (AvgIpc) is 3.06. The van der Waals surface area contributed by atoms with E-state index in [2.05, 4.69) is 17.4 Å². The van der Waals surface area contributed by atoms with Crippen molar-refractivity contribution in [3.05, 3.63) is 70.1 Å². The molecule has 28 heavy (non-hydrogen) atoms. The van der Waals surface area contributed by atoms with E-state index in [0.717, 1.165) is 43.0 Å². The number of unbranched alkanes of at least 4 members (excludes halogenated alkanes) is 1. The first-order valence-electron chi connectivity index (χ1n) is 8.80. The van der Waals surface area contributed by atoms with E-state index in [-0.39, 0.29) is 0 Å². The Balaban J connectivity index is 1.87. The van der Waals surface area contributed by atoms with Crippen LogP contribution in [0.3, 0.4) is 0 Å². The lowest BCUT2D eigenvalue weighted by molar-refractivity contribution is 0.245. The Kier molecular flexibility index (Phi) is 5.62. The molecule has 2 aromatic carbocycles. The number of nitrogens with zero attached hydrogens (tertiary/aromatic N) is 5. The van der Waals surface area contributed by atoms with Gasteiger partial charge < -0.3 is 0 Å². The molecule has 0 saturated heterocycles. The molecule has 0 spiro atoms. The first-order valence-corrected chi connectivity index (χ1v) is 8.80. The number of benzene rings is 2. The van der Waals surface area contributed by atoms with E-state index in [1.165, 1.54) is 11.9 Å². The van der Waals surface area contributed by atoms with Gasteiger partial charge in [-0.3, -0.25) is 4.90 Å². The first kappa shape index (κ1) is 19.4. The normalized spacial score (nSPS) is 10.9. The highest BCUT2D eigenvalue weighted by Crippen LogP contribution is 2.17. The monoisotopic (exact) mass is 387 g/mol. The van der Waals surface area contributed by atoms with E-state index in [4.69, 9.17) is 0 Å². The Morgan fingerprint density at radius 2 is 1.71 bits per heavy atom. The van der Waals surface area contributed by atoms with E-state index in [0.29, 0.717) is 15.1 Å². The molecule has 0 radical (unpaired) electrons. The zero-order valence-corrected chi connectivity index (χ0v) is 15.5. The third-order valence-electron chi connectivity index (χ3n) is 4.34. The maximum Gasteiger partial charge on any atom is 0.377 e. The van der Waals surface area contributed by atoms with Crippen LogP contribution in [0.2, 0.25) is 0 Å². The summed E-state index contributed by atoms with van der Waals surface area (Å²) in [5.74, 6) is -1.98. The Bertz CT molecular complexity index is 1020. The second-order valence-corrected chi connectivity index (χ2v) is 6.27. The maximum atomic E-state index is 13.9. The molecule has 0 bridgehead atoms. The van der Waals surface area contributed by atoms with Crippen molar-refractivity contribution in [2.24, 2.45) is 0 Å². The molecule has 0 unspecified atom stereocenters. The second kappa shape index (κ2) is 8.12. The van der Waals surface area contributed by atoms with Crippen LogP contribution in [0.5, 0.6) is 0 Å². The van der Waals surface area contributed by atoms with E-state index in [1.807, 2.05) is 12.1 Å². The van der Waals surface area contributed by atoms with Crippen LogP contribution in [-0.2, 0) is 6.42 Å². The third-order valence-corrected chi connectivity index (χ3v) is 4.34. The van der Waals surface area contributed by atoms with Gasteiger partial charge in [-0.05, 0) is 53.1 Å². The van der Waals surface area contributed by atoms with Gasteiger partial charge in [0.1, 0.15) is 5.69 Å². The summed E-state index contributed by atoms with van der Waals surface area (Å²) < 4.78 is 28.7. The number of anilines is 1. The summed E-state index contributed by atoms with van der Waals surface area (Å²) in [6.45, 7) is 2.11. The molecule has 3 rings (SSSR count). The number of carbonyl (C=O) groups excluding carboxylic acids is 1. The van der Waals surface area contributed by atoms with Gasteiger partial charge in [-0.25, -0.2) is 18.4 Å². The largest absolute Gasteiger partial charge is 0.377 e. The first-order chi connectivity index (χ1) is 13.4. The molecule has 1 amide bonds. The van der Waals surface area contributed by atoms with Crippen LogP contribution in [0.1, 0.15) is 25.3 Å². The number of hydrogen-bond donors (Lipinski definition) is 0. The Hall–Kier alpha value is -3.36. The molecule has 0 atom stereocenters. The van der Waals surface area contributed by atoms with Crippen LogP contribution in [0.25, 0.3) is 5.69 Å². The van der Waals surface area contributed by atoms with Crippen molar-refractivity contribution in [2.75, 3.05) is 11.9 Å². The van der Waals surface area contributed by atoms with Crippen molar-refractivity contribution in [3.63, 3.8) is 0 Å². The van der Waals surface area contributed by atoms with Gasteiger partial charge in [0.05, 0.1) is 0 Å². The van der Waals surface area contributed by atoms with Crippen LogP contribution in [0, 0.1) is 11.6 Å². The number of hydrogen-bond acceptors (Lipinski definition) is 4. The second-order valence-electron chi connectivity index (χ2n) is 6.27. The number of halogens is 2. The average molecular weight is 387 g/mol. The zero-order valence-electron chi connectivity index (χ0n) is 15.5. The van der Waals surface area contributed by atoms with E-state index in [1.54, 1.807) is 12.1 Å². The number of carbonyl (C=O) groups is 1. The highest BCUT2D eigenvalue weighted by molar-refractivity contribution is 5.92. The molecule has 1 heterocycles. The lowest BCUT2D eigenvalue weighted by Gasteiger charge is -2.16. The lowest BCUT2D eigenvalue weighted by Crippen LogP contribution is -2.39. The summed E-state index contributed by atoms with van der Waals surface area (Å²) in [5, 5.41) is 6.91. The molecule has 0 aliphatic heterocycles. The minimum atomic E-state index is -1.07. The standard InChI is InChI=1S/C19H19F2N5O2/c1-3-4-6-13-9-11-14(12-10-13)24(2)18(27)26-19(28)25(22-23-26)17-15(20)7-5-8-16(17)21/h5,7-12H,3-4,6H2,1-2H3. The molecule has 0 aliphatic rings. The third kappa shape index (κ3) is 3.68. The predicted octanol–water partition coefficient (Wildman–Crippen LogP) is 3.15. The fourth-order valence-corrected chi connectivity index (χ4v) is 2.72. The smallest absolute Gasteiger partial charge is 0.295 e. The van der Waals surface area contributed by atoms with Crippen molar-refractivity contribution in [1.29, 1.82) is 0 Å². The highest BCUT2D eigenvalue weighted by Gasteiger charge is 2.23. The van der Waals surface area contributed by atoms with E-state index in [9.17, 15) is 18.4 Å². The van der Waals surface area contributed by atoms with Crippen LogP contribution in [-0.4, -0.2) is 32.9 Å². The van der Waals surface area contributed by atoms with Gasteiger partial charge in [0, 0.05) is 12.7 Å². The van der Waals surface area contributed by atoms with Gasteiger partial charge >= 0.3 is 11.7 Å². The number of rotatable bonds is 5. The number of tetrazole rings is 1. The molecule has 9 heteroatoms. The molecule has 146 valence electrons. The summed E-state index contributed by atoms with van der Waals surface area (Å²) >= 11 is 0. The van der Waals surface area contributed by atoms with Gasteiger partial charge in [0.2, 0.25) is 0 Å². The number of amides is 1. The van der Waals surface area contributed by atoms with Gasteiger partial charge in [-0.2, -0.15) is 4.68 Å². The molecular weight excluding hydrogens is 368 g/mol. The Morgan fingerprint density at radius 1 is 1.07 bits per heavy atom. The highest BCUT2D eigenvalue weighted by atomic mass is 19.1. The number of aromatic nitrogens is 4. The van der Waals surface area contributed by atoms with Crippen LogP contribution < -0.4 is 10.6 Å². The number of aryl methyl sites for hydroxylation is 1. The minimum absolute atomic E-state index is 0.421. The molecule has 7 nitrogen and oxygen atoms in total. The van der Waals surface area contributed by atoms with Gasteiger partial charge in [-0.1, -0.05) is 31.5 Å².